The molecular formula is C17H18N5O. The van der Waals surface area contributed by atoms with Gasteiger partial charge in [0.1, 0.15) is 12.2 Å². The lowest BCUT2D eigenvalue weighted by Crippen LogP contribution is -2.17. The van der Waals surface area contributed by atoms with Crippen LogP contribution in [0.15, 0.2) is 36.7 Å². The first-order valence-corrected chi connectivity index (χ1v) is 7.79. The maximum atomic E-state index is 9.61. The number of H-pyrrole nitrogens is 1. The van der Waals surface area contributed by atoms with E-state index in [1.54, 1.807) is 0 Å². The number of nitrogens with one attached hydrogen (secondary N) is 2. The summed E-state index contributed by atoms with van der Waals surface area (Å²) in [7, 11) is 0. The van der Waals surface area contributed by atoms with Crippen molar-refractivity contribution in [1.82, 2.24) is 19.9 Å². The summed E-state index contributed by atoms with van der Waals surface area (Å²) in [5.41, 5.74) is 2.68. The number of hydrogen-bond donors (Lipinski definition) is 3. The fourth-order valence-corrected chi connectivity index (χ4v) is 2.97. The lowest BCUT2D eigenvalue weighted by Gasteiger charge is -2.12. The van der Waals surface area contributed by atoms with Crippen molar-refractivity contribution in [3.8, 4) is 0 Å². The molecule has 2 atom stereocenters. The van der Waals surface area contributed by atoms with Crippen molar-refractivity contribution < 1.29 is 5.11 Å². The molecule has 117 valence electrons. The lowest BCUT2D eigenvalue weighted by atomic mass is 10.1. The summed E-state index contributed by atoms with van der Waals surface area (Å²) in [4.78, 5) is 16.5. The minimum atomic E-state index is -0.336. The zero-order chi connectivity index (χ0) is 15.6. The maximum Gasteiger partial charge on any atom is 0.163 e. The van der Waals surface area contributed by atoms with Gasteiger partial charge in [0.25, 0.3) is 0 Å². The second-order valence-corrected chi connectivity index (χ2v) is 5.88. The fraction of sp³-hybridized carbons (Fsp3) is 0.294. The van der Waals surface area contributed by atoms with Gasteiger partial charge in [-0.2, -0.15) is 0 Å². The molecule has 0 saturated heterocycles. The Morgan fingerprint density at radius 3 is 2.87 bits per heavy atom. The number of aliphatic hydroxyl groups excluding tert-OH is 1. The van der Waals surface area contributed by atoms with Gasteiger partial charge in [0.15, 0.2) is 17.0 Å². The van der Waals surface area contributed by atoms with Crippen LogP contribution in [0.3, 0.4) is 0 Å². The summed E-state index contributed by atoms with van der Waals surface area (Å²) in [6.45, 7) is 0. The first-order valence-electron chi connectivity index (χ1n) is 7.79. The molecule has 3 aromatic rings. The largest absolute Gasteiger partial charge is 0.393 e. The standard InChI is InChI=1S/C17H18N5O/c23-13-7-6-12(9-13)20-16-15-17(19-10-18-16)22-14(21-15)8-11-4-2-1-3-5-11/h1-5,7,10,12-13,23H,6,8-9H2,(H2,18,19,20,21,22)/t12-,13+/m1/s1. The van der Waals surface area contributed by atoms with E-state index >= 15 is 0 Å². The number of benzene rings is 1. The molecule has 6 heteroatoms. The van der Waals surface area contributed by atoms with Gasteiger partial charge in [-0.25, -0.2) is 15.0 Å². The first kappa shape index (κ1) is 14.1. The van der Waals surface area contributed by atoms with E-state index in [2.05, 4.69) is 37.4 Å². The number of aromatic amines is 1. The number of nitrogens with zero attached hydrogens (tertiary/aromatic N) is 3. The Morgan fingerprint density at radius 2 is 2.09 bits per heavy atom. The molecule has 0 bridgehead atoms. The Hall–Kier alpha value is -2.47. The molecule has 0 unspecified atom stereocenters. The molecule has 1 aliphatic carbocycles. The van der Waals surface area contributed by atoms with Crippen molar-refractivity contribution in [3.05, 3.63) is 54.5 Å². The molecule has 1 aliphatic rings. The van der Waals surface area contributed by atoms with Gasteiger partial charge >= 0.3 is 0 Å². The molecule has 0 spiro atoms. The highest BCUT2D eigenvalue weighted by atomic mass is 16.3. The zero-order valence-corrected chi connectivity index (χ0v) is 12.6. The summed E-state index contributed by atoms with van der Waals surface area (Å²) in [6, 6.07) is 10.4. The second kappa shape index (κ2) is 5.96. The van der Waals surface area contributed by atoms with Crippen molar-refractivity contribution in [2.45, 2.75) is 31.4 Å². The monoisotopic (exact) mass is 308 g/mol. The second-order valence-electron chi connectivity index (χ2n) is 5.88. The molecule has 1 saturated carbocycles. The molecule has 2 aromatic heterocycles. The Morgan fingerprint density at radius 1 is 1.22 bits per heavy atom. The smallest absolute Gasteiger partial charge is 0.163 e. The predicted octanol–water partition coefficient (Wildman–Crippen LogP) is 2.08. The Kier molecular flexibility index (Phi) is 3.67. The van der Waals surface area contributed by atoms with Crippen LogP contribution >= 0.6 is 0 Å². The van der Waals surface area contributed by atoms with E-state index < -0.39 is 0 Å². The van der Waals surface area contributed by atoms with Crippen LogP contribution in [0.4, 0.5) is 5.82 Å². The Balaban J connectivity index is 1.59. The number of hydrogen-bond acceptors (Lipinski definition) is 5. The van der Waals surface area contributed by atoms with Crippen LogP contribution in [0.2, 0.25) is 0 Å². The van der Waals surface area contributed by atoms with Gasteiger partial charge in [-0.15, -0.1) is 0 Å². The molecule has 2 heterocycles. The molecule has 4 rings (SSSR count). The highest BCUT2D eigenvalue weighted by Crippen LogP contribution is 2.24. The third-order valence-electron chi connectivity index (χ3n) is 4.11. The van der Waals surface area contributed by atoms with Gasteiger partial charge in [0, 0.05) is 12.5 Å². The zero-order valence-electron chi connectivity index (χ0n) is 12.6. The van der Waals surface area contributed by atoms with Crippen LogP contribution in [0.25, 0.3) is 11.2 Å². The molecule has 23 heavy (non-hydrogen) atoms. The summed E-state index contributed by atoms with van der Waals surface area (Å²) in [5, 5.41) is 13.0. The fourth-order valence-electron chi connectivity index (χ4n) is 2.97. The third-order valence-corrected chi connectivity index (χ3v) is 4.11. The van der Waals surface area contributed by atoms with Gasteiger partial charge < -0.3 is 15.4 Å². The van der Waals surface area contributed by atoms with E-state index in [1.165, 1.54) is 11.9 Å². The number of imidazole rings is 1. The molecule has 0 amide bonds. The normalized spacial score (nSPS) is 20.9. The number of fused-ring (bicyclic) bond motifs is 1. The van der Waals surface area contributed by atoms with Gasteiger partial charge in [0.05, 0.1) is 6.10 Å². The van der Waals surface area contributed by atoms with Gasteiger partial charge in [-0.3, -0.25) is 0 Å². The SMILES string of the molecule is O[C@H]1[CH]C[C@@H](Nc2ncnc3[nH]c(Cc4ccccc4)nc23)C1. The van der Waals surface area contributed by atoms with E-state index in [1.807, 2.05) is 24.6 Å². The van der Waals surface area contributed by atoms with E-state index in [0.29, 0.717) is 6.42 Å². The van der Waals surface area contributed by atoms with E-state index in [0.717, 1.165) is 35.6 Å². The minimum absolute atomic E-state index is 0.192. The van der Waals surface area contributed by atoms with Gasteiger partial charge in [-0.05, 0) is 24.8 Å². The van der Waals surface area contributed by atoms with Gasteiger partial charge in [-0.1, -0.05) is 30.3 Å². The molecule has 3 N–H and O–H groups in total. The molecule has 6 nitrogen and oxygen atoms in total. The van der Waals surface area contributed by atoms with Crippen LogP contribution in [-0.2, 0) is 6.42 Å². The highest BCUT2D eigenvalue weighted by Gasteiger charge is 2.24. The van der Waals surface area contributed by atoms with Crippen LogP contribution in [0.5, 0.6) is 0 Å². The molecule has 0 aliphatic heterocycles. The van der Waals surface area contributed by atoms with E-state index in [4.69, 9.17) is 0 Å². The van der Waals surface area contributed by atoms with Crippen molar-refractivity contribution >= 4 is 17.0 Å². The summed E-state index contributed by atoms with van der Waals surface area (Å²) in [6.07, 6.45) is 5.37. The minimum Gasteiger partial charge on any atom is -0.393 e. The Labute approximate surface area is 134 Å². The predicted molar refractivity (Wildman–Crippen MR) is 87.9 cm³/mol. The number of aromatic nitrogens is 4. The van der Waals surface area contributed by atoms with Crippen molar-refractivity contribution in [1.29, 1.82) is 0 Å². The first-order chi connectivity index (χ1) is 11.3. The van der Waals surface area contributed by atoms with Crippen LogP contribution in [0, 0.1) is 6.42 Å². The van der Waals surface area contributed by atoms with Gasteiger partial charge in [0.2, 0.25) is 0 Å². The summed E-state index contributed by atoms with van der Waals surface area (Å²) in [5.74, 6) is 1.59. The van der Waals surface area contributed by atoms with Crippen LogP contribution < -0.4 is 5.32 Å². The number of anilines is 1. The quantitative estimate of drug-likeness (QED) is 0.687. The molecule has 1 fully saturated rings. The number of aliphatic hydroxyl groups is 1. The van der Waals surface area contributed by atoms with E-state index in [9.17, 15) is 5.11 Å². The summed E-state index contributed by atoms with van der Waals surface area (Å²) < 4.78 is 0. The molecule has 1 aromatic carbocycles. The van der Waals surface area contributed by atoms with Crippen molar-refractivity contribution in [2.24, 2.45) is 0 Å². The molecular weight excluding hydrogens is 290 g/mol. The highest BCUT2D eigenvalue weighted by molar-refractivity contribution is 5.82. The van der Waals surface area contributed by atoms with Crippen LogP contribution in [0.1, 0.15) is 24.2 Å². The van der Waals surface area contributed by atoms with Crippen molar-refractivity contribution in [3.63, 3.8) is 0 Å². The topological polar surface area (TPSA) is 86.7 Å². The van der Waals surface area contributed by atoms with E-state index in [-0.39, 0.29) is 12.1 Å². The maximum absolute atomic E-state index is 9.61. The summed E-state index contributed by atoms with van der Waals surface area (Å²) >= 11 is 0. The Bertz CT molecular complexity index is 801. The lowest BCUT2D eigenvalue weighted by molar-refractivity contribution is 0.213. The van der Waals surface area contributed by atoms with Crippen LogP contribution in [-0.4, -0.2) is 37.2 Å². The average molecular weight is 308 g/mol. The third kappa shape index (κ3) is 3.03. The van der Waals surface area contributed by atoms with Crippen molar-refractivity contribution in [2.75, 3.05) is 5.32 Å². The molecule has 1 radical (unpaired) electrons. The average Bonchev–Trinajstić information content (AvgIpc) is 3.15. The number of rotatable bonds is 4.